The zero-order valence-electron chi connectivity index (χ0n) is 12.3. The highest BCUT2D eigenvalue weighted by Gasteiger charge is 2.08. The zero-order valence-corrected chi connectivity index (χ0v) is 12.3. The van der Waals surface area contributed by atoms with Crippen LogP contribution in [0.15, 0.2) is 54.6 Å². The normalized spacial score (nSPS) is 9.52. The largest absolute Gasteiger partial charge is 0.482 e. The van der Waals surface area contributed by atoms with E-state index in [1.165, 1.54) is 0 Å². The molecule has 0 radical (unpaired) electrons. The summed E-state index contributed by atoms with van der Waals surface area (Å²) in [5, 5.41) is 8.91. The Balaban J connectivity index is 1.75. The molecule has 6 heteroatoms. The summed E-state index contributed by atoms with van der Waals surface area (Å²) in [5.41, 5.74) is 5.76. The highest BCUT2D eigenvalue weighted by molar-refractivity contribution is 5.83. The molecule has 0 saturated carbocycles. The maximum atomic E-state index is 11.7. The van der Waals surface area contributed by atoms with Gasteiger partial charge in [-0.1, -0.05) is 42.5 Å². The van der Waals surface area contributed by atoms with Crippen LogP contribution in [0.4, 0.5) is 0 Å². The summed E-state index contributed by atoms with van der Waals surface area (Å²) in [6.45, 7) is -0.301. The Morgan fingerprint density at radius 3 is 2.35 bits per heavy atom. The quantitative estimate of drug-likeness (QED) is 0.815. The van der Waals surface area contributed by atoms with E-state index < -0.39 is 5.91 Å². The fourth-order valence-electron chi connectivity index (χ4n) is 1.83. The lowest BCUT2D eigenvalue weighted by Gasteiger charge is -2.09. The minimum Gasteiger partial charge on any atom is -0.482 e. The third kappa shape index (κ3) is 5.17. The molecule has 2 amide bonds. The first-order chi connectivity index (χ1) is 11.2. The number of hydrogen-bond donors (Lipinski definition) is 2. The first kappa shape index (κ1) is 16.0. The van der Waals surface area contributed by atoms with Crippen molar-refractivity contribution in [3.05, 3.63) is 65.7 Å². The third-order valence-corrected chi connectivity index (χ3v) is 2.92. The Hall–Kier alpha value is -3.33. The van der Waals surface area contributed by atoms with Gasteiger partial charge < -0.3 is 4.74 Å². The van der Waals surface area contributed by atoms with Crippen molar-refractivity contribution in [3.63, 3.8) is 0 Å². The maximum absolute atomic E-state index is 11.7. The van der Waals surface area contributed by atoms with Crippen LogP contribution in [-0.4, -0.2) is 18.4 Å². The number of benzene rings is 2. The number of ether oxygens (including phenoxy) is 1. The van der Waals surface area contributed by atoms with Crippen molar-refractivity contribution in [3.8, 4) is 11.8 Å². The van der Waals surface area contributed by atoms with Gasteiger partial charge in [-0.2, -0.15) is 5.26 Å². The van der Waals surface area contributed by atoms with Crippen LogP contribution in [0.5, 0.6) is 5.75 Å². The molecule has 23 heavy (non-hydrogen) atoms. The molecular weight excluding hydrogens is 294 g/mol. The number of para-hydroxylation sites is 1. The van der Waals surface area contributed by atoms with Crippen LogP contribution < -0.4 is 15.6 Å². The van der Waals surface area contributed by atoms with Crippen molar-refractivity contribution in [2.24, 2.45) is 0 Å². The highest BCUT2D eigenvalue weighted by Crippen LogP contribution is 2.15. The van der Waals surface area contributed by atoms with Crippen molar-refractivity contribution < 1.29 is 14.3 Å². The molecule has 2 aromatic carbocycles. The van der Waals surface area contributed by atoms with Crippen molar-refractivity contribution in [1.82, 2.24) is 10.9 Å². The number of hydrogen-bond acceptors (Lipinski definition) is 4. The van der Waals surface area contributed by atoms with Gasteiger partial charge in [-0.05, 0) is 17.7 Å². The molecule has 116 valence electrons. The molecule has 0 spiro atoms. The smallest absolute Gasteiger partial charge is 0.276 e. The summed E-state index contributed by atoms with van der Waals surface area (Å²) >= 11 is 0. The van der Waals surface area contributed by atoms with E-state index in [1.807, 2.05) is 36.4 Å². The standard InChI is InChI=1S/C17H15N3O3/c18-11-14-8-4-5-9-15(14)23-12-17(22)20-19-16(21)10-13-6-2-1-3-7-13/h1-9H,10,12H2,(H,19,21)(H,20,22). The lowest BCUT2D eigenvalue weighted by atomic mass is 10.1. The lowest BCUT2D eigenvalue weighted by Crippen LogP contribution is -2.44. The van der Waals surface area contributed by atoms with Gasteiger partial charge in [0.15, 0.2) is 6.61 Å². The van der Waals surface area contributed by atoms with Crippen LogP contribution in [0.3, 0.4) is 0 Å². The number of carbonyl (C=O) groups excluding carboxylic acids is 2. The molecule has 2 rings (SSSR count). The first-order valence-corrected chi connectivity index (χ1v) is 6.92. The van der Waals surface area contributed by atoms with E-state index in [-0.39, 0.29) is 18.9 Å². The molecule has 0 aliphatic rings. The van der Waals surface area contributed by atoms with Crippen LogP contribution in [0.1, 0.15) is 11.1 Å². The summed E-state index contributed by atoms with van der Waals surface area (Å²) in [5.74, 6) is -0.526. The predicted octanol–water partition coefficient (Wildman–Crippen LogP) is 1.33. The second kappa shape index (κ2) is 8.20. The van der Waals surface area contributed by atoms with Gasteiger partial charge in [0.25, 0.3) is 5.91 Å². The van der Waals surface area contributed by atoms with Gasteiger partial charge in [0.05, 0.1) is 12.0 Å². The van der Waals surface area contributed by atoms with Crippen LogP contribution in [0.2, 0.25) is 0 Å². The predicted molar refractivity (Wildman–Crippen MR) is 83.1 cm³/mol. The Morgan fingerprint density at radius 1 is 0.957 bits per heavy atom. The summed E-state index contributed by atoms with van der Waals surface area (Å²) < 4.78 is 5.25. The Bertz CT molecular complexity index is 723. The van der Waals surface area contributed by atoms with Gasteiger partial charge in [-0.25, -0.2) is 0 Å². The maximum Gasteiger partial charge on any atom is 0.276 e. The number of carbonyl (C=O) groups is 2. The van der Waals surface area contributed by atoms with Crippen LogP contribution in [-0.2, 0) is 16.0 Å². The molecule has 2 N–H and O–H groups in total. The Labute approximate surface area is 133 Å². The number of amides is 2. The monoisotopic (exact) mass is 309 g/mol. The Kier molecular flexibility index (Phi) is 5.72. The van der Waals surface area contributed by atoms with Crippen LogP contribution >= 0.6 is 0 Å². The van der Waals surface area contributed by atoms with Crippen LogP contribution in [0.25, 0.3) is 0 Å². The minimum atomic E-state index is -0.515. The second-order valence-electron chi connectivity index (χ2n) is 4.66. The van der Waals surface area contributed by atoms with E-state index in [9.17, 15) is 9.59 Å². The van der Waals surface area contributed by atoms with Gasteiger partial charge >= 0.3 is 0 Å². The fourth-order valence-corrected chi connectivity index (χ4v) is 1.83. The number of hydrazine groups is 1. The van der Waals surface area contributed by atoms with Crippen molar-refractivity contribution >= 4 is 11.8 Å². The van der Waals surface area contributed by atoms with Crippen molar-refractivity contribution in [1.29, 1.82) is 5.26 Å². The summed E-state index contributed by atoms with van der Waals surface area (Å²) in [6.07, 6.45) is 0.166. The number of nitriles is 1. The third-order valence-electron chi connectivity index (χ3n) is 2.92. The molecule has 0 bridgehead atoms. The molecule has 0 atom stereocenters. The number of nitrogens with zero attached hydrogens (tertiary/aromatic N) is 1. The molecule has 0 aromatic heterocycles. The molecule has 0 aliphatic carbocycles. The van der Waals surface area contributed by atoms with E-state index in [2.05, 4.69) is 10.9 Å². The van der Waals surface area contributed by atoms with Gasteiger partial charge in [-0.15, -0.1) is 0 Å². The van der Waals surface area contributed by atoms with Gasteiger partial charge in [0, 0.05) is 0 Å². The average Bonchev–Trinajstić information content (AvgIpc) is 2.59. The van der Waals surface area contributed by atoms with Gasteiger partial charge in [0.1, 0.15) is 11.8 Å². The molecular formula is C17H15N3O3. The minimum absolute atomic E-state index is 0.166. The molecule has 0 heterocycles. The SMILES string of the molecule is N#Cc1ccccc1OCC(=O)NNC(=O)Cc1ccccc1. The summed E-state index contributed by atoms with van der Waals surface area (Å²) in [6, 6.07) is 17.7. The first-order valence-electron chi connectivity index (χ1n) is 6.92. The van der Waals surface area contributed by atoms with Crippen LogP contribution in [0, 0.1) is 11.3 Å². The Morgan fingerprint density at radius 2 is 1.61 bits per heavy atom. The topological polar surface area (TPSA) is 91.2 Å². The molecule has 0 unspecified atom stereocenters. The number of nitrogens with one attached hydrogen (secondary N) is 2. The molecule has 2 aromatic rings. The average molecular weight is 309 g/mol. The number of rotatable bonds is 5. The second-order valence-corrected chi connectivity index (χ2v) is 4.66. The van der Waals surface area contributed by atoms with E-state index >= 15 is 0 Å². The van der Waals surface area contributed by atoms with Crippen molar-refractivity contribution in [2.75, 3.05) is 6.61 Å². The lowest BCUT2D eigenvalue weighted by molar-refractivity contribution is -0.129. The highest BCUT2D eigenvalue weighted by atomic mass is 16.5. The molecule has 0 fully saturated rings. The van der Waals surface area contributed by atoms with Gasteiger partial charge in [-0.3, -0.25) is 20.4 Å². The van der Waals surface area contributed by atoms with E-state index in [0.29, 0.717) is 11.3 Å². The van der Waals surface area contributed by atoms with Gasteiger partial charge in [0.2, 0.25) is 5.91 Å². The van der Waals surface area contributed by atoms with E-state index in [4.69, 9.17) is 10.00 Å². The zero-order chi connectivity index (χ0) is 16.5. The van der Waals surface area contributed by atoms with E-state index in [1.54, 1.807) is 24.3 Å². The molecule has 0 aliphatic heterocycles. The fraction of sp³-hybridized carbons (Fsp3) is 0.118. The molecule has 6 nitrogen and oxygen atoms in total. The van der Waals surface area contributed by atoms with E-state index in [0.717, 1.165) is 5.56 Å². The van der Waals surface area contributed by atoms with Crippen molar-refractivity contribution in [2.45, 2.75) is 6.42 Å². The molecule has 0 saturated heterocycles. The summed E-state index contributed by atoms with van der Waals surface area (Å²) in [4.78, 5) is 23.3. The summed E-state index contributed by atoms with van der Waals surface area (Å²) in [7, 11) is 0.